The highest BCUT2D eigenvalue weighted by atomic mass is 16.4. The summed E-state index contributed by atoms with van der Waals surface area (Å²) in [6, 6.07) is 0.483. The van der Waals surface area contributed by atoms with Crippen LogP contribution in [0.3, 0.4) is 0 Å². The predicted octanol–water partition coefficient (Wildman–Crippen LogP) is 1.46. The summed E-state index contributed by atoms with van der Waals surface area (Å²) in [5, 5.41) is 20.6. The van der Waals surface area contributed by atoms with Crippen LogP contribution in [0, 0.1) is 17.3 Å². The summed E-state index contributed by atoms with van der Waals surface area (Å²) >= 11 is 0. The van der Waals surface area contributed by atoms with Crippen molar-refractivity contribution in [1.82, 2.24) is 20.1 Å². The van der Waals surface area contributed by atoms with Gasteiger partial charge in [0.1, 0.15) is 5.82 Å². The lowest BCUT2D eigenvalue weighted by Gasteiger charge is -2.10. The number of nitrogens with one attached hydrogen (secondary N) is 1. The van der Waals surface area contributed by atoms with Crippen molar-refractivity contribution in [3.63, 3.8) is 0 Å². The number of hydrogen-bond acceptors (Lipinski definition) is 4. The van der Waals surface area contributed by atoms with Gasteiger partial charge >= 0.3 is 5.97 Å². The van der Waals surface area contributed by atoms with Crippen LogP contribution in [0.4, 0.5) is 0 Å². The zero-order valence-electron chi connectivity index (χ0n) is 13.5. The molecular weight excluding hydrogens is 296 g/mol. The Morgan fingerprint density at radius 3 is 2.43 bits per heavy atom. The maximum absolute atomic E-state index is 12.3. The summed E-state index contributed by atoms with van der Waals surface area (Å²) in [5.74, 6) is 0.255. The van der Waals surface area contributed by atoms with Gasteiger partial charge in [0.2, 0.25) is 5.91 Å². The van der Waals surface area contributed by atoms with E-state index < -0.39 is 23.2 Å². The number of carbonyl (C=O) groups is 2. The van der Waals surface area contributed by atoms with Gasteiger partial charge in [-0.05, 0) is 31.1 Å². The zero-order chi connectivity index (χ0) is 16.4. The highest BCUT2D eigenvalue weighted by Gasteiger charge is 2.65. The first kappa shape index (κ1) is 14.7. The molecule has 0 spiro atoms. The molecule has 2 N–H and O–H groups in total. The molecule has 7 nitrogen and oxygen atoms in total. The Morgan fingerprint density at radius 1 is 1.22 bits per heavy atom. The van der Waals surface area contributed by atoms with Crippen molar-refractivity contribution in [3.05, 3.63) is 11.6 Å². The molecule has 0 radical (unpaired) electrons. The minimum atomic E-state index is -0.896. The minimum Gasteiger partial charge on any atom is -0.481 e. The molecule has 3 fully saturated rings. The van der Waals surface area contributed by atoms with E-state index in [1.807, 2.05) is 13.8 Å². The summed E-state index contributed by atoms with van der Waals surface area (Å²) < 4.78 is 2.20. The SMILES string of the molecule is CC1(C)[C@H](C(=O)O)[C@@H]1C(=O)NCc1nnc(C2CC2)n1C1CC1. The molecule has 1 aromatic heterocycles. The number of carbonyl (C=O) groups excluding carboxylic acids is 1. The topological polar surface area (TPSA) is 97.1 Å². The van der Waals surface area contributed by atoms with E-state index in [1.165, 1.54) is 12.8 Å². The lowest BCUT2D eigenvalue weighted by Crippen LogP contribution is -2.28. The van der Waals surface area contributed by atoms with Gasteiger partial charge in [-0.3, -0.25) is 9.59 Å². The number of rotatable bonds is 6. The van der Waals surface area contributed by atoms with Crippen molar-refractivity contribution >= 4 is 11.9 Å². The van der Waals surface area contributed by atoms with Crippen molar-refractivity contribution in [1.29, 1.82) is 0 Å². The van der Waals surface area contributed by atoms with Gasteiger partial charge in [-0.15, -0.1) is 10.2 Å². The number of aromatic nitrogens is 3. The largest absolute Gasteiger partial charge is 0.481 e. The molecule has 1 heterocycles. The summed E-state index contributed by atoms with van der Waals surface area (Å²) in [6.45, 7) is 3.98. The van der Waals surface area contributed by atoms with Gasteiger partial charge in [0, 0.05) is 12.0 Å². The first-order valence-corrected chi connectivity index (χ1v) is 8.35. The average molecular weight is 318 g/mol. The van der Waals surface area contributed by atoms with E-state index in [4.69, 9.17) is 0 Å². The van der Waals surface area contributed by atoms with Gasteiger partial charge in [-0.2, -0.15) is 0 Å². The number of carboxylic acids is 1. The number of aliphatic carboxylic acids is 1. The van der Waals surface area contributed by atoms with E-state index in [2.05, 4.69) is 20.1 Å². The summed E-state index contributed by atoms with van der Waals surface area (Å²) in [7, 11) is 0. The van der Waals surface area contributed by atoms with Crippen LogP contribution >= 0.6 is 0 Å². The molecule has 0 aliphatic heterocycles. The molecule has 3 saturated carbocycles. The lowest BCUT2D eigenvalue weighted by molar-refractivity contribution is -0.140. The van der Waals surface area contributed by atoms with Crippen molar-refractivity contribution < 1.29 is 14.7 Å². The first-order valence-electron chi connectivity index (χ1n) is 8.35. The number of nitrogens with zero attached hydrogens (tertiary/aromatic N) is 3. The van der Waals surface area contributed by atoms with Gasteiger partial charge in [-0.1, -0.05) is 13.8 Å². The van der Waals surface area contributed by atoms with Crippen molar-refractivity contribution in [2.24, 2.45) is 17.3 Å². The Morgan fingerprint density at radius 2 is 1.91 bits per heavy atom. The minimum absolute atomic E-state index is 0.194. The number of amides is 1. The fourth-order valence-electron chi connectivity index (χ4n) is 3.67. The summed E-state index contributed by atoms with van der Waals surface area (Å²) in [5.41, 5.74) is -0.473. The molecule has 4 rings (SSSR count). The monoisotopic (exact) mass is 318 g/mol. The van der Waals surface area contributed by atoms with Gasteiger partial charge in [0.05, 0.1) is 18.4 Å². The van der Waals surface area contributed by atoms with E-state index >= 15 is 0 Å². The third-order valence-electron chi connectivity index (χ3n) is 5.44. The Labute approximate surface area is 134 Å². The molecular formula is C16H22N4O3. The van der Waals surface area contributed by atoms with Crippen molar-refractivity contribution in [2.45, 2.75) is 58.0 Å². The number of carboxylic acid groups (broad SMARTS) is 1. The van der Waals surface area contributed by atoms with Gasteiger partial charge in [0.25, 0.3) is 0 Å². The fraction of sp³-hybridized carbons (Fsp3) is 0.750. The molecule has 23 heavy (non-hydrogen) atoms. The van der Waals surface area contributed by atoms with Crippen molar-refractivity contribution in [2.75, 3.05) is 0 Å². The van der Waals surface area contributed by atoms with Crippen LogP contribution in [0.2, 0.25) is 0 Å². The lowest BCUT2D eigenvalue weighted by atomic mass is 10.1. The maximum Gasteiger partial charge on any atom is 0.307 e. The summed E-state index contributed by atoms with van der Waals surface area (Å²) in [4.78, 5) is 23.5. The molecule has 1 aromatic rings. The quantitative estimate of drug-likeness (QED) is 0.827. The van der Waals surface area contributed by atoms with Crippen LogP contribution in [-0.4, -0.2) is 31.7 Å². The normalized spacial score (nSPS) is 28.4. The van der Waals surface area contributed by atoms with Crippen LogP contribution in [0.25, 0.3) is 0 Å². The van der Waals surface area contributed by atoms with Crippen LogP contribution in [0.15, 0.2) is 0 Å². The van der Waals surface area contributed by atoms with Crippen LogP contribution in [-0.2, 0) is 16.1 Å². The second-order valence-electron chi connectivity index (χ2n) is 7.68. The number of hydrogen-bond donors (Lipinski definition) is 2. The molecule has 0 unspecified atom stereocenters. The van der Waals surface area contributed by atoms with Crippen molar-refractivity contribution in [3.8, 4) is 0 Å². The molecule has 2 atom stereocenters. The molecule has 0 bridgehead atoms. The standard InChI is InChI=1S/C16H22N4O3/c1-16(2)11(12(16)15(22)23)14(21)17-7-10-18-19-13(8-3-4-8)20(10)9-5-6-9/h8-9,11-12H,3-7H2,1-2H3,(H,17,21)(H,22,23)/t11-,12+/m1/s1. The molecule has 124 valence electrons. The molecule has 3 aliphatic rings. The van der Waals surface area contributed by atoms with Crippen LogP contribution in [0.5, 0.6) is 0 Å². The van der Waals surface area contributed by atoms with Gasteiger partial charge < -0.3 is 15.0 Å². The van der Waals surface area contributed by atoms with E-state index in [9.17, 15) is 14.7 Å². The Bertz CT molecular complexity index is 673. The third kappa shape index (κ3) is 2.42. The molecule has 1 amide bonds. The zero-order valence-corrected chi connectivity index (χ0v) is 13.5. The van der Waals surface area contributed by atoms with Crippen LogP contribution < -0.4 is 5.32 Å². The van der Waals surface area contributed by atoms with E-state index in [0.29, 0.717) is 18.5 Å². The fourth-order valence-corrected chi connectivity index (χ4v) is 3.67. The molecule has 0 saturated heterocycles. The van der Waals surface area contributed by atoms with E-state index in [-0.39, 0.29) is 5.91 Å². The highest BCUT2D eigenvalue weighted by molar-refractivity contribution is 5.91. The smallest absolute Gasteiger partial charge is 0.307 e. The Balaban J connectivity index is 1.44. The van der Waals surface area contributed by atoms with Crippen LogP contribution in [0.1, 0.15) is 63.1 Å². The second kappa shape index (κ2) is 4.79. The highest BCUT2D eigenvalue weighted by Crippen LogP contribution is 2.58. The summed E-state index contributed by atoms with van der Waals surface area (Å²) in [6.07, 6.45) is 4.65. The average Bonchev–Trinajstić information content (AvgIpc) is 3.35. The van der Waals surface area contributed by atoms with E-state index in [1.54, 1.807) is 0 Å². The molecule has 7 heteroatoms. The third-order valence-corrected chi connectivity index (χ3v) is 5.44. The first-order chi connectivity index (χ1) is 10.9. The Kier molecular flexibility index (Phi) is 3.05. The molecule has 0 aromatic carbocycles. The van der Waals surface area contributed by atoms with Gasteiger partial charge in [0.15, 0.2) is 5.82 Å². The maximum atomic E-state index is 12.3. The second-order valence-corrected chi connectivity index (χ2v) is 7.68. The van der Waals surface area contributed by atoms with Gasteiger partial charge in [-0.25, -0.2) is 0 Å². The molecule has 3 aliphatic carbocycles. The predicted molar refractivity (Wildman–Crippen MR) is 80.5 cm³/mol. The Hall–Kier alpha value is -1.92. The van der Waals surface area contributed by atoms with E-state index in [0.717, 1.165) is 24.5 Å².